The Morgan fingerprint density at radius 1 is 1.40 bits per heavy atom. The van der Waals surface area contributed by atoms with Crippen LogP contribution in [0.1, 0.15) is 12.5 Å². The molecular formula is C10H9FO3S. The van der Waals surface area contributed by atoms with Gasteiger partial charge in [-0.1, -0.05) is 6.07 Å². The van der Waals surface area contributed by atoms with Gasteiger partial charge in [-0.15, -0.1) is 0 Å². The van der Waals surface area contributed by atoms with Crippen LogP contribution in [0.3, 0.4) is 0 Å². The molecule has 80 valence electrons. The first-order valence-corrected chi connectivity index (χ1v) is 5.85. The van der Waals surface area contributed by atoms with E-state index in [0.717, 1.165) is 6.07 Å². The topological polar surface area (TPSA) is 54.4 Å². The molecule has 15 heavy (non-hydrogen) atoms. The molecule has 1 atom stereocenters. The third-order valence-corrected chi connectivity index (χ3v) is 4.30. The number of sulfone groups is 1. The SMILES string of the molecule is CC(O)C1=Cc2ccc(F)cc2S1(=O)=O. The lowest BCUT2D eigenvalue weighted by molar-refractivity contribution is 0.240. The number of hydrogen-bond acceptors (Lipinski definition) is 3. The summed E-state index contributed by atoms with van der Waals surface area (Å²) in [5, 5.41) is 9.29. The Hall–Kier alpha value is -1.20. The van der Waals surface area contributed by atoms with Gasteiger partial charge in [-0.25, -0.2) is 12.8 Å². The van der Waals surface area contributed by atoms with Gasteiger partial charge in [0.2, 0.25) is 9.84 Å². The molecule has 0 radical (unpaired) electrons. The van der Waals surface area contributed by atoms with Crippen molar-refractivity contribution in [2.45, 2.75) is 17.9 Å². The van der Waals surface area contributed by atoms with Crippen molar-refractivity contribution in [3.63, 3.8) is 0 Å². The summed E-state index contributed by atoms with van der Waals surface area (Å²) in [5.74, 6) is -0.599. The van der Waals surface area contributed by atoms with E-state index < -0.39 is 21.8 Å². The van der Waals surface area contributed by atoms with Gasteiger partial charge in [0.15, 0.2) is 0 Å². The van der Waals surface area contributed by atoms with Crippen LogP contribution in [0.15, 0.2) is 28.0 Å². The molecule has 0 saturated heterocycles. The van der Waals surface area contributed by atoms with E-state index >= 15 is 0 Å². The van der Waals surface area contributed by atoms with Gasteiger partial charge in [0.05, 0.1) is 15.9 Å². The van der Waals surface area contributed by atoms with Gasteiger partial charge in [0.25, 0.3) is 0 Å². The molecule has 1 heterocycles. The van der Waals surface area contributed by atoms with Gasteiger partial charge >= 0.3 is 0 Å². The summed E-state index contributed by atoms with van der Waals surface area (Å²) in [6.45, 7) is 1.37. The minimum Gasteiger partial charge on any atom is -0.388 e. The van der Waals surface area contributed by atoms with Gasteiger partial charge < -0.3 is 5.11 Å². The average molecular weight is 228 g/mol. The maximum atomic E-state index is 12.9. The second-order valence-electron chi connectivity index (χ2n) is 3.41. The maximum Gasteiger partial charge on any atom is 0.206 e. The van der Waals surface area contributed by atoms with Gasteiger partial charge in [0.1, 0.15) is 5.82 Å². The number of halogens is 1. The molecule has 5 heteroatoms. The zero-order valence-electron chi connectivity index (χ0n) is 7.94. The van der Waals surface area contributed by atoms with E-state index in [0.29, 0.717) is 5.56 Å². The molecule has 1 aromatic rings. The Labute approximate surface area is 86.8 Å². The maximum absolute atomic E-state index is 12.9. The molecule has 1 aliphatic heterocycles. The second kappa shape index (κ2) is 3.15. The molecule has 0 aliphatic carbocycles. The molecule has 0 fully saturated rings. The fourth-order valence-corrected chi connectivity index (χ4v) is 3.25. The molecule has 1 unspecified atom stereocenters. The molecule has 3 nitrogen and oxygen atoms in total. The molecule has 0 amide bonds. The zero-order chi connectivity index (χ0) is 11.2. The van der Waals surface area contributed by atoms with Crippen LogP contribution in [-0.2, 0) is 9.84 Å². The number of rotatable bonds is 1. The smallest absolute Gasteiger partial charge is 0.206 e. The molecule has 0 bridgehead atoms. The Bertz CT molecular complexity index is 544. The summed E-state index contributed by atoms with van der Waals surface area (Å²) in [7, 11) is -3.70. The van der Waals surface area contributed by atoms with Gasteiger partial charge in [-0.2, -0.15) is 0 Å². The monoisotopic (exact) mass is 228 g/mol. The van der Waals surface area contributed by atoms with Crippen LogP contribution in [0.4, 0.5) is 4.39 Å². The predicted molar refractivity (Wildman–Crippen MR) is 53.2 cm³/mol. The van der Waals surface area contributed by atoms with Crippen molar-refractivity contribution in [3.05, 3.63) is 34.5 Å². The minimum absolute atomic E-state index is 0.0709. The molecular weight excluding hydrogens is 219 g/mol. The molecule has 0 spiro atoms. The van der Waals surface area contributed by atoms with Crippen LogP contribution in [0.2, 0.25) is 0 Å². The summed E-state index contributed by atoms with van der Waals surface area (Å²) < 4.78 is 36.4. The molecule has 1 aromatic carbocycles. The van der Waals surface area contributed by atoms with E-state index in [4.69, 9.17) is 0 Å². The molecule has 1 aliphatic rings. The van der Waals surface area contributed by atoms with Gasteiger partial charge in [0, 0.05) is 0 Å². The highest BCUT2D eigenvalue weighted by Gasteiger charge is 2.32. The lowest BCUT2D eigenvalue weighted by atomic mass is 10.2. The molecule has 0 saturated carbocycles. The highest BCUT2D eigenvalue weighted by molar-refractivity contribution is 7.96. The van der Waals surface area contributed by atoms with E-state index in [1.54, 1.807) is 0 Å². The normalized spacial score (nSPS) is 19.5. The summed E-state index contributed by atoms with van der Waals surface area (Å²) in [5.41, 5.74) is 0.423. The van der Waals surface area contributed by atoms with E-state index in [1.807, 2.05) is 0 Å². The van der Waals surface area contributed by atoms with Crippen LogP contribution in [0.5, 0.6) is 0 Å². The standard InChI is InChI=1S/C10H9FO3S/c1-6(12)9-4-7-2-3-8(11)5-10(7)15(9,13)14/h2-6,12H,1H3. The summed E-state index contributed by atoms with van der Waals surface area (Å²) >= 11 is 0. The van der Waals surface area contributed by atoms with Crippen LogP contribution >= 0.6 is 0 Å². The van der Waals surface area contributed by atoms with Crippen molar-refractivity contribution in [1.82, 2.24) is 0 Å². The fourth-order valence-electron chi connectivity index (χ4n) is 1.56. The summed E-state index contributed by atoms with van der Waals surface area (Å²) in [6.07, 6.45) is 0.292. The first kappa shape index (κ1) is 10.3. The van der Waals surface area contributed by atoms with E-state index in [2.05, 4.69) is 0 Å². The van der Waals surface area contributed by atoms with Crippen molar-refractivity contribution in [3.8, 4) is 0 Å². The second-order valence-corrected chi connectivity index (χ2v) is 5.33. The minimum atomic E-state index is -3.70. The Balaban J connectivity index is 2.69. The summed E-state index contributed by atoms with van der Waals surface area (Å²) in [6, 6.07) is 3.55. The van der Waals surface area contributed by atoms with Crippen LogP contribution in [0.25, 0.3) is 6.08 Å². The first-order valence-electron chi connectivity index (χ1n) is 4.37. The number of aliphatic hydroxyl groups is 1. The molecule has 2 rings (SSSR count). The lowest BCUT2D eigenvalue weighted by Crippen LogP contribution is -2.12. The predicted octanol–water partition coefficient (Wildman–Crippen LogP) is 1.33. The number of hydrogen-bond donors (Lipinski definition) is 1. The fraction of sp³-hybridized carbons (Fsp3) is 0.200. The third kappa shape index (κ3) is 1.48. The lowest BCUT2D eigenvalue weighted by Gasteiger charge is -2.05. The van der Waals surface area contributed by atoms with Crippen LogP contribution in [-0.4, -0.2) is 19.6 Å². The molecule has 1 N–H and O–H groups in total. The quantitative estimate of drug-likeness (QED) is 0.789. The zero-order valence-corrected chi connectivity index (χ0v) is 8.75. The third-order valence-electron chi connectivity index (χ3n) is 2.28. The molecule has 0 aromatic heterocycles. The van der Waals surface area contributed by atoms with Gasteiger partial charge in [-0.05, 0) is 30.7 Å². The Morgan fingerprint density at radius 3 is 2.67 bits per heavy atom. The Kier molecular flexibility index (Phi) is 2.17. The van der Waals surface area contributed by atoms with Crippen molar-refractivity contribution >= 4 is 15.9 Å². The van der Waals surface area contributed by atoms with E-state index in [9.17, 15) is 17.9 Å². The highest BCUT2D eigenvalue weighted by atomic mass is 32.2. The first-order chi connectivity index (χ1) is 6.93. The van der Waals surface area contributed by atoms with Crippen LogP contribution in [0, 0.1) is 5.82 Å². The largest absolute Gasteiger partial charge is 0.388 e. The van der Waals surface area contributed by atoms with Crippen molar-refractivity contribution in [2.24, 2.45) is 0 Å². The Morgan fingerprint density at radius 2 is 2.07 bits per heavy atom. The summed E-state index contributed by atoms with van der Waals surface area (Å²) in [4.78, 5) is -0.151. The number of aliphatic hydroxyl groups excluding tert-OH is 1. The highest BCUT2D eigenvalue weighted by Crippen LogP contribution is 2.34. The van der Waals surface area contributed by atoms with Crippen molar-refractivity contribution in [1.29, 1.82) is 0 Å². The number of fused-ring (bicyclic) bond motifs is 1. The van der Waals surface area contributed by atoms with Gasteiger partial charge in [-0.3, -0.25) is 0 Å². The number of benzene rings is 1. The van der Waals surface area contributed by atoms with Crippen molar-refractivity contribution < 1.29 is 17.9 Å². The van der Waals surface area contributed by atoms with Crippen molar-refractivity contribution in [2.75, 3.05) is 0 Å². The van der Waals surface area contributed by atoms with E-state index in [1.165, 1.54) is 25.1 Å². The van der Waals surface area contributed by atoms with Crippen LogP contribution < -0.4 is 0 Å². The average Bonchev–Trinajstić information content (AvgIpc) is 2.39. The van der Waals surface area contributed by atoms with E-state index in [-0.39, 0.29) is 9.80 Å².